The van der Waals surface area contributed by atoms with Crippen molar-refractivity contribution in [2.24, 2.45) is 9.98 Å². The molecule has 1 aromatic heterocycles. The van der Waals surface area contributed by atoms with Crippen molar-refractivity contribution in [2.75, 3.05) is 25.0 Å². The average molecular weight is 487 g/mol. The first-order valence-corrected chi connectivity index (χ1v) is 10.5. The molecule has 13 heteroatoms. The van der Waals surface area contributed by atoms with E-state index in [9.17, 15) is 26.3 Å². The van der Waals surface area contributed by atoms with Gasteiger partial charge in [-0.25, -0.2) is 4.99 Å². The normalized spacial score (nSPS) is 20.3. The number of aromatic nitrogens is 3. The molecule has 1 fully saturated rings. The van der Waals surface area contributed by atoms with Crippen molar-refractivity contribution in [1.29, 1.82) is 0 Å². The first-order valence-electron chi connectivity index (χ1n) is 10.5. The van der Waals surface area contributed by atoms with Crippen LogP contribution in [-0.2, 0) is 0 Å². The van der Waals surface area contributed by atoms with Crippen molar-refractivity contribution in [3.8, 4) is 0 Å². The second-order valence-electron chi connectivity index (χ2n) is 7.56. The van der Waals surface area contributed by atoms with Gasteiger partial charge in [-0.1, -0.05) is 12.7 Å². The van der Waals surface area contributed by atoms with E-state index in [1.54, 1.807) is 0 Å². The lowest BCUT2D eigenvalue weighted by Gasteiger charge is -2.27. The van der Waals surface area contributed by atoms with Crippen molar-refractivity contribution >= 4 is 23.3 Å². The molecule has 1 unspecified atom stereocenters. The molecule has 0 amide bonds. The fourth-order valence-corrected chi connectivity index (χ4v) is 3.36. The predicted molar refractivity (Wildman–Crippen MR) is 117 cm³/mol. The van der Waals surface area contributed by atoms with Crippen LogP contribution in [0.25, 0.3) is 0 Å². The highest BCUT2D eigenvalue weighted by Crippen LogP contribution is 2.29. The molecule has 7 nitrogen and oxygen atoms in total. The molecule has 0 saturated carbocycles. The smallest absolute Gasteiger partial charge is 0.384 e. The van der Waals surface area contributed by atoms with Gasteiger partial charge in [0.25, 0.3) is 5.95 Å². The van der Waals surface area contributed by atoms with E-state index in [1.165, 1.54) is 12.2 Å². The number of hydrogen-bond acceptors (Lipinski definition) is 7. The van der Waals surface area contributed by atoms with Gasteiger partial charge in [-0.05, 0) is 43.9 Å². The van der Waals surface area contributed by atoms with Crippen molar-refractivity contribution < 1.29 is 26.3 Å². The Morgan fingerprint density at radius 1 is 1.12 bits per heavy atom. The molecule has 0 bridgehead atoms. The Morgan fingerprint density at radius 2 is 1.82 bits per heavy atom. The van der Waals surface area contributed by atoms with Crippen LogP contribution in [0.4, 0.5) is 38.2 Å². The maximum atomic E-state index is 13.2. The number of alkyl halides is 6. The molecule has 1 atom stereocenters. The number of rotatable bonds is 6. The Kier molecular flexibility index (Phi) is 7.72. The van der Waals surface area contributed by atoms with Gasteiger partial charge >= 0.3 is 12.4 Å². The fourth-order valence-electron chi connectivity index (χ4n) is 3.36. The molecule has 3 heterocycles. The molecule has 0 spiro atoms. The SMILES string of the molecule is C=CC(C=C(NC)C(F)(F)F)=Nc1nc(C2=NC(C(F)(F)F)CC=C2)nc(N2CCCCC2)n1. The van der Waals surface area contributed by atoms with Crippen molar-refractivity contribution in [1.82, 2.24) is 20.3 Å². The van der Waals surface area contributed by atoms with E-state index in [0.29, 0.717) is 13.1 Å². The molecule has 3 rings (SSSR count). The summed E-state index contributed by atoms with van der Waals surface area (Å²) in [5.41, 5.74) is -1.37. The fraction of sp³-hybridized carbons (Fsp3) is 0.476. The second kappa shape index (κ2) is 10.3. The lowest BCUT2D eigenvalue weighted by atomic mass is 10.1. The summed E-state index contributed by atoms with van der Waals surface area (Å²) in [6.45, 7) is 4.71. The van der Waals surface area contributed by atoms with Crippen LogP contribution in [0.5, 0.6) is 0 Å². The molecular weight excluding hydrogens is 464 g/mol. The minimum Gasteiger partial charge on any atom is -0.384 e. The Morgan fingerprint density at radius 3 is 2.41 bits per heavy atom. The van der Waals surface area contributed by atoms with Gasteiger partial charge in [0.05, 0.1) is 5.71 Å². The summed E-state index contributed by atoms with van der Waals surface area (Å²) in [6.07, 6.45) is -2.23. The van der Waals surface area contributed by atoms with Crippen LogP contribution in [0, 0.1) is 0 Å². The molecule has 1 saturated heterocycles. The van der Waals surface area contributed by atoms with Gasteiger partial charge in [-0.3, -0.25) is 4.99 Å². The topological polar surface area (TPSA) is 78.7 Å². The average Bonchev–Trinajstić information content (AvgIpc) is 2.80. The summed E-state index contributed by atoms with van der Waals surface area (Å²) in [6, 6.07) is -1.94. The summed E-state index contributed by atoms with van der Waals surface area (Å²) in [5, 5.41) is 2.05. The van der Waals surface area contributed by atoms with E-state index in [0.717, 1.165) is 38.5 Å². The monoisotopic (exact) mass is 487 g/mol. The molecule has 0 radical (unpaired) electrons. The summed E-state index contributed by atoms with van der Waals surface area (Å²) < 4.78 is 79.0. The number of dihydropyridines is 1. The molecule has 34 heavy (non-hydrogen) atoms. The number of allylic oxidation sites excluding steroid dienone is 4. The molecule has 1 N–H and O–H groups in total. The van der Waals surface area contributed by atoms with Crippen LogP contribution in [-0.4, -0.2) is 64.9 Å². The summed E-state index contributed by atoms with van der Waals surface area (Å²) >= 11 is 0. The Balaban J connectivity index is 2.09. The summed E-state index contributed by atoms with van der Waals surface area (Å²) in [5.74, 6) is -0.234. The van der Waals surface area contributed by atoms with Gasteiger partial charge in [0.1, 0.15) is 17.5 Å². The summed E-state index contributed by atoms with van der Waals surface area (Å²) in [4.78, 5) is 22.2. The Bertz CT molecular complexity index is 1020. The van der Waals surface area contributed by atoms with E-state index in [1.807, 2.05) is 10.2 Å². The Labute approximate surface area is 192 Å². The van der Waals surface area contributed by atoms with Crippen LogP contribution in [0.2, 0.25) is 0 Å². The molecule has 184 valence electrons. The van der Waals surface area contributed by atoms with Gasteiger partial charge in [-0.15, -0.1) is 0 Å². The van der Waals surface area contributed by atoms with E-state index in [4.69, 9.17) is 0 Å². The van der Waals surface area contributed by atoms with Gasteiger partial charge in [0.15, 0.2) is 5.82 Å². The van der Waals surface area contributed by atoms with Crippen molar-refractivity contribution in [3.63, 3.8) is 0 Å². The van der Waals surface area contributed by atoms with Gasteiger partial charge < -0.3 is 10.2 Å². The number of nitrogens with one attached hydrogen (secondary N) is 1. The maximum absolute atomic E-state index is 13.2. The quantitative estimate of drug-likeness (QED) is 0.473. The Hall–Kier alpha value is -3.25. The van der Waals surface area contributed by atoms with E-state index < -0.39 is 24.1 Å². The third-order valence-electron chi connectivity index (χ3n) is 5.09. The van der Waals surface area contributed by atoms with Crippen LogP contribution in [0.3, 0.4) is 0 Å². The van der Waals surface area contributed by atoms with E-state index in [2.05, 4.69) is 31.5 Å². The minimum absolute atomic E-state index is 0.104. The molecule has 2 aliphatic rings. The first-order chi connectivity index (χ1) is 16.0. The molecule has 1 aromatic rings. The van der Waals surface area contributed by atoms with Gasteiger partial charge in [0.2, 0.25) is 5.95 Å². The standard InChI is InChI=1S/C21H23F6N7/c1-3-13(12-16(28-2)21(25,26)27)29-18-31-17(14-8-7-9-15(30-14)20(22,23)24)32-19(33-18)34-10-5-4-6-11-34/h3,7-8,12,15,28H,1,4-6,9-11H2,2H3. The van der Waals surface area contributed by atoms with Crippen LogP contribution in [0.1, 0.15) is 31.5 Å². The molecule has 0 aromatic carbocycles. The molecule has 0 aliphatic carbocycles. The number of piperidine rings is 1. The highest BCUT2D eigenvalue weighted by Gasteiger charge is 2.40. The molecular formula is C21H23F6N7. The molecule has 2 aliphatic heterocycles. The zero-order valence-corrected chi connectivity index (χ0v) is 18.3. The van der Waals surface area contributed by atoms with E-state index >= 15 is 0 Å². The first kappa shape index (κ1) is 25.4. The second-order valence-corrected chi connectivity index (χ2v) is 7.56. The van der Waals surface area contributed by atoms with Gasteiger partial charge in [-0.2, -0.15) is 41.3 Å². The highest BCUT2D eigenvalue weighted by atomic mass is 19.4. The largest absolute Gasteiger partial charge is 0.430 e. The minimum atomic E-state index is -4.66. The maximum Gasteiger partial charge on any atom is 0.430 e. The zero-order chi connectivity index (χ0) is 24.9. The number of hydrogen-bond donors (Lipinski definition) is 1. The number of aliphatic imine (C=N–C) groups is 2. The lowest BCUT2D eigenvalue weighted by molar-refractivity contribution is -0.146. The number of anilines is 1. The zero-order valence-electron chi connectivity index (χ0n) is 18.3. The predicted octanol–water partition coefficient (Wildman–Crippen LogP) is 4.47. The third kappa shape index (κ3) is 6.41. The van der Waals surface area contributed by atoms with Crippen molar-refractivity contribution in [3.05, 3.63) is 42.4 Å². The summed E-state index contributed by atoms with van der Waals surface area (Å²) in [7, 11) is 1.11. The number of halogens is 6. The van der Waals surface area contributed by atoms with E-state index in [-0.39, 0.29) is 35.6 Å². The van der Waals surface area contributed by atoms with Crippen molar-refractivity contribution in [2.45, 2.75) is 44.1 Å². The van der Waals surface area contributed by atoms with Crippen LogP contribution < -0.4 is 10.2 Å². The van der Waals surface area contributed by atoms with Crippen LogP contribution in [0.15, 0.2) is 46.6 Å². The third-order valence-corrected chi connectivity index (χ3v) is 5.09. The lowest BCUT2D eigenvalue weighted by Crippen LogP contribution is -2.32. The highest BCUT2D eigenvalue weighted by molar-refractivity contribution is 6.07. The van der Waals surface area contributed by atoms with Crippen LogP contribution >= 0.6 is 0 Å². The van der Waals surface area contributed by atoms with Gasteiger partial charge in [0, 0.05) is 20.1 Å². The number of nitrogens with zero attached hydrogens (tertiary/aromatic N) is 6.